The molecular weight excluding hydrogens is 246 g/mol. The first-order chi connectivity index (χ1) is 9.90. The minimum Gasteiger partial charge on any atom is -0.492 e. The van der Waals surface area contributed by atoms with E-state index in [1.54, 1.807) is 0 Å². The Bertz CT molecular complexity index is 732. The van der Waals surface area contributed by atoms with Gasteiger partial charge in [-0.25, -0.2) is 0 Å². The standard InChI is InChI=1S/C18H15NO/c19-11-5-6-12-20-18-16-9-3-1-7-14(16)13-15-8-2-4-10-17(15)18/h1-4,7-10,13H,5-6,12H2. The first-order valence-electron chi connectivity index (χ1n) is 6.80. The number of rotatable bonds is 4. The van der Waals surface area contributed by atoms with Crippen molar-refractivity contribution >= 4 is 21.5 Å². The Morgan fingerprint density at radius 1 is 0.900 bits per heavy atom. The van der Waals surface area contributed by atoms with Crippen LogP contribution >= 0.6 is 0 Å². The monoisotopic (exact) mass is 261 g/mol. The van der Waals surface area contributed by atoms with Crippen LogP contribution < -0.4 is 4.74 Å². The van der Waals surface area contributed by atoms with Crippen molar-refractivity contribution in [1.82, 2.24) is 0 Å². The zero-order chi connectivity index (χ0) is 13.8. The van der Waals surface area contributed by atoms with Gasteiger partial charge in [0.15, 0.2) is 0 Å². The highest BCUT2D eigenvalue weighted by Crippen LogP contribution is 2.34. The zero-order valence-electron chi connectivity index (χ0n) is 11.2. The maximum absolute atomic E-state index is 8.60. The zero-order valence-corrected chi connectivity index (χ0v) is 11.2. The van der Waals surface area contributed by atoms with Crippen LogP contribution in [0, 0.1) is 11.3 Å². The van der Waals surface area contributed by atoms with Crippen LogP contribution in [0.5, 0.6) is 5.75 Å². The lowest BCUT2D eigenvalue weighted by atomic mass is 10.0. The molecule has 0 aromatic heterocycles. The molecule has 0 aliphatic carbocycles. The summed E-state index contributed by atoms with van der Waals surface area (Å²) >= 11 is 0. The molecule has 0 fully saturated rings. The maximum atomic E-state index is 8.60. The molecule has 2 heteroatoms. The molecule has 0 spiro atoms. The Kier molecular flexibility index (Phi) is 3.52. The quantitative estimate of drug-likeness (QED) is 0.505. The average molecular weight is 261 g/mol. The predicted octanol–water partition coefficient (Wildman–Crippen LogP) is 4.68. The summed E-state index contributed by atoms with van der Waals surface area (Å²) in [4.78, 5) is 0. The van der Waals surface area contributed by atoms with Crippen LogP contribution in [0.4, 0.5) is 0 Å². The Morgan fingerprint density at radius 2 is 1.50 bits per heavy atom. The molecule has 0 saturated heterocycles. The molecule has 0 N–H and O–H groups in total. The van der Waals surface area contributed by atoms with E-state index >= 15 is 0 Å². The lowest BCUT2D eigenvalue weighted by molar-refractivity contribution is 0.320. The maximum Gasteiger partial charge on any atom is 0.134 e. The van der Waals surface area contributed by atoms with Gasteiger partial charge in [0.05, 0.1) is 12.7 Å². The second-order valence-corrected chi connectivity index (χ2v) is 4.76. The molecule has 0 unspecified atom stereocenters. The Hall–Kier alpha value is -2.53. The largest absolute Gasteiger partial charge is 0.492 e. The van der Waals surface area contributed by atoms with E-state index in [9.17, 15) is 0 Å². The Morgan fingerprint density at radius 3 is 2.10 bits per heavy atom. The second-order valence-electron chi connectivity index (χ2n) is 4.76. The fourth-order valence-corrected chi connectivity index (χ4v) is 2.45. The van der Waals surface area contributed by atoms with E-state index in [2.05, 4.69) is 36.4 Å². The van der Waals surface area contributed by atoms with Crippen LogP contribution in [0.3, 0.4) is 0 Å². The normalized spacial score (nSPS) is 10.6. The van der Waals surface area contributed by atoms with Crippen molar-refractivity contribution in [2.45, 2.75) is 12.8 Å². The summed E-state index contributed by atoms with van der Waals surface area (Å²) in [5.41, 5.74) is 0. The van der Waals surface area contributed by atoms with E-state index in [-0.39, 0.29) is 0 Å². The van der Waals surface area contributed by atoms with Crippen LogP contribution in [0.1, 0.15) is 12.8 Å². The molecule has 20 heavy (non-hydrogen) atoms. The van der Waals surface area contributed by atoms with Crippen molar-refractivity contribution in [2.75, 3.05) is 6.61 Å². The predicted molar refractivity (Wildman–Crippen MR) is 81.8 cm³/mol. The van der Waals surface area contributed by atoms with E-state index < -0.39 is 0 Å². The lowest BCUT2D eigenvalue weighted by Gasteiger charge is -2.12. The first kappa shape index (κ1) is 12.5. The van der Waals surface area contributed by atoms with E-state index in [4.69, 9.17) is 10.00 Å². The Balaban J connectivity index is 2.10. The van der Waals surface area contributed by atoms with E-state index in [1.807, 2.05) is 24.3 Å². The van der Waals surface area contributed by atoms with E-state index in [1.165, 1.54) is 10.8 Å². The van der Waals surface area contributed by atoms with Crippen LogP contribution in [0.2, 0.25) is 0 Å². The van der Waals surface area contributed by atoms with Crippen molar-refractivity contribution in [1.29, 1.82) is 5.26 Å². The third-order valence-electron chi connectivity index (χ3n) is 3.40. The third kappa shape index (κ3) is 2.31. The van der Waals surface area contributed by atoms with E-state index in [0.29, 0.717) is 13.0 Å². The molecule has 3 aromatic carbocycles. The summed E-state index contributed by atoms with van der Waals surface area (Å²) in [5.74, 6) is 0.927. The minimum atomic E-state index is 0.530. The smallest absolute Gasteiger partial charge is 0.134 e. The molecule has 0 bridgehead atoms. The molecule has 0 heterocycles. The number of benzene rings is 3. The number of ether oxygens (including phenoxy) is 1. The van der Waals surface area contributed by atoms with Crippen molar-refractivity contribution in [3.8, 4) is 11.8 Å². The minimum absolute atomic E-state index is 0.530. The summed E-state index contributed by atoms with van der Waals surface area (Å²) in [5, 5.41) is 13.2. The molecule has 0 aliphatic heterocycles. The van der Waals surface area contributed by atoms with Gasteiger partial charge in [-0.2, -0.15) is 5.26 Å². The van der Waals surface area contributed by atoms with Crippen LogP contribution in [0.25, 0.3) is 21.5 Å². The van der Waals surface area contributed by atoms with Crippen molar-refractivity contribution in [2.24, 2.45) is 0 Å². The molecule has 2 nitrogen and oxygen atoms in total. The molecule has 0 saturated carbocycles. The van der Waals surface area contributed by atoms with Crippen molar-refractivity contribution < 1.29 is 4.74 Å². The topological polar surface area (TPSA) is 33.0 Å². The average Bonchev–Trinajstić information content (AvgIpc) is 2.50. The third-order valence-corrected chi connectivity index (χ3v) is 3.40. The highest BCUT2D eigenvalue weighted by molar-refractivity contribution is 6.05. The van der Waals surface area contributed by atoms with Gasteiger partial charge in [0.25, 0.3) is 0 Å². The van der Waals surface area contributed by atoms with Crippen LogP contribution in [0.15, 0.2) is 54.6 Å². The van der Waals surface area contributed by atoms with Crippen molar-refractivity contribution in [3.05, 3.63) is 54.6 Å². The van der Waals surface area contributed by atoms with Gasteiger partial charge in [0.2, 0.25) is 0 Å². The molecule has 0 atom stereocenters. The number of unbranched alkanes of at least 4 members (excludes halogenated alkanes) is 1. The molecule has 0 aliphatic rings. The van der Waals surface area contributed by atoms with Gasteiger partial charge in [-0.05, 0) is 23.3 Å². The molecular formula is C18H15NO. The van der Waals surface area contributed by atoms with Gasteiger partial charge in [-0.3, -0.25) is 0 Å². The summed E-state index contributed by atoms with van der Waals surface area (Å²) in [7, 11) is 0. The number of hydrogen-bond donors (Lipinski definition) is 0. The molecule has 0 radical (unpaired) electrons. The fourth-order valence-electron chi connectivity index (χ4n) is 2.45. The van der Waals surface area contributed by atoms with Crippen molar-refractivity contribution in [3.63, 3.8) is 0 Å². The van der Waals surface area contributed by atoms with Gasteiger partial charge in [0.1, 0.15) is 5.75 Å². The fraction of sp³-hybridized carbons (Fsp3) is 0.167. The number of hydrogen-bond acceptors (Lipinski definition) is 2. The highest BCUT2D eigenvalue weighted by Gasteiger charge is 2.08. The van der Waals surface area contributed by atoms with Crippen LogP contribution in [-0.4, -0.2) is 6.61 Å². The molecule has 3 aromatic rings. The van der Waals surface area contributed by atoms with Gasteiger partial charge in [-0.1, -0.05) is 48.5 Å². The highest BCUT2D eigenvalue weighted by atomic mass is 16.5. The summed E-state index contributed by atoms with van der Waals surface area (Å²) in [6.07, 6.45) is 1.29. The van der Waals surface area contributed by atoms with Gasteiger partial charge < -0.3 is 4.74 Å². The summed E-state index contributed by atoms with van der Waals surface area (Å²) in [6, 6.07) is 20.8. The lowest BCUT2D eigenvalue weighted by Crippen LogP contribution is -1.98. The Labute approximate surface area is 118 Å². The number of nitriles is 1. The van der Waals surface area contributed by atoms with Gasteiger partial charge >= 0.3 is 0 Å². The second kappa shape index (κ2) is 5.63. The number of nitrogens with zero attached hydrogens (tertiary/aromatic N) is 1. The number of fused-ring (bicyclic) bond motifs is 2. The summed E-state index contributed by atoms with van der Waals surface area (Å²) in [6.45, 7) is 0.575. The first-order valence-corrected chi connectivity index (χ1v) is 6.80. The molecule has 3 rings (SSSR count). The van der Waals surface area contributed by atoms with Crippen LogP contribution in [-0.2, 0) is 0 Å². The van der Waals surface area contributed by atoms with Gasteiger partial charge in [-0.15, -0.1) is 0 Å². The van der Waals surface area contributed by atoms with Gasteiger partial charge in [0, 0.05) is 17.2 Å². The van der Waals surface area contributed by atoms with E-state index in [0.717, 1.165) is 22.9 Å². The molecule has 98 valence electrons. The summed E-state index contributed by atoms with van der Waals surface area (Å²) < 4.78 is 5.98. The molecule has 0 amide bonds. The SMILES string of the molecule is N#CCCCOc1c2ccccc2cc2ccccc12.